The van der Waals surface area contributed by atoms with Gasteiger partial charge >= 0.3 is 0 Å². The maximum Gasteiger partial charge on any atom is 0.257 e. The van der Waals surface area contributed by atoms with Crippen molar-refractivity contribution < 1.29 is 19.0 Å². The molecule has 1 aromatic carbocycles. The number of halogens is 1. The summed E-state index contributed by atoms with van der Waals surface area (Å²) in [6, 6.07) is 7.12. The molecule has 3 rings (SSSR count). The number of ether oxygens (including phenoxy) is 3. The molecule has 1 fully saturated rings. The van der Waals surface area contributed by atoms with Crippen LogP contribution in [0.2, 0.25) is 5.02 Å². The number of methoxy groups -OCH3 is 1. The van der Waals surface area contributed by atoms with Crippen LogP contribution < -0.4 is 14.8 Å². The van der Waals surface area contributed by atoms with Gasteiger partial charge in [-0.05, 0) is 30.7 Å². The molecule has 1 amide bonds. The Labute approximate surface area is 157 Å². The average molecular weight is 377 g/mol. The van der Waals surface area contributed by atoms with Gasteiger partial charge in [0.25, 0.3) is 5.91 Å². The van der Waals surface area contributed by atoms with Gasteiger partial charge in [0.05, 0.1) is 31.6 Å². The minimum Gasteiger partial charge on any atom is -0.495 e. The zero-order valence-electron chi connectivity index (χ0n) is 14.8. The molecule has 26 heavy (non-hydrogen) atoms. The average Bonchev–Trinajstić information content (AvgIpc) is 2.64. The molecular formula is C19H21ClN2O4. The summed E-state index contributed by atoms with van der Waals surface area (Å²) < 4.78 is 16.4. The summed E-state index contributed by atoms with van der Waals surface area (Å²) in [5.74, 6) is 0.603. The summed E-state index contributed by atoms with van der Waals surface area (Å²) in [7, 11) is 1.56. The van der Waals surface area contributed by atoms with Crippen molar-refractivity contribution in [3.8, 4) is 11.6 Å². The van der Waals surface area contributed by atoms with E-state index in [1.165, 1.54) is 6.20 Å². The van der Waals surface area contributed by atoms with Crippen molar-refractivity contribution in [2.75, 3.05) is 25.6 Å². The third kappa shape index (κ3) is 4.45. The van der Waals surface area contributed by atoms with Crippen LogP contribution in [0.3, 0.4) is 0 Å². The summed E-state index contributed by atoms with van der Waals surface area (Å²) >= 11 is 6.26. The maximum atomic E-state index is 12.5. The van der Waals surface area contributed by atoms with Gasteiger partial charge in [0.15, 0.2) is 0 Å². The topological polar surface area (TPSA) is 69.7 Å². The molecule has 0 atom stereocenters. The van der Waals surface area contributed by atoms with Gasteiger partial charge in [-0.15, -0.1) is 0 Å². The fraction of sp³-hybridized carbons (Fsp3) is 0.368. The number of anilines is 1. The van der Waals surface area contributed by atoms with E-state index >= 15 is 0 Å². The molecule has 0 saturated carbocycles. The first-order chi connectivity index (χ1) is 12.6. The first-order valence-electron chi connectivity index (χ1n) is 8.43. The number of pyridine rings is 1. The van der Waals surface area contributed by atoms with Crippen LogP contribution >= 0.6 is 11.6 Å². The fourth-order valence-corrected chi connectivity index (χ4v) is 2.91. The largest absolute Gasteiger partial charge is 0.495 e. The molecule has 1 saturated heterocycles. The predicted octanol–water partition coefficient (Wildman–Crippen LogP) is 3.86. The number of benzene rings is 1. The molecule has 1 aromatic heterocycles. The summed E-state index contributed by atoms with van der Waals surface area (Å²) in [5, 5.41) is 3.13. The van der Waals surface area contributed by atoms with Crippen molar-refractivity contribution >= 4 is 23.2 Å². The van der Waals surface area contributed by atoms with Crippen molar-refractivity contribution in [3.05, 3.63) is 46.6 Å². The molecule has 2 aromatic rings. The van der Waals surface area contributed by atoms with Crippen molar-refractivity contribution in [1.29, 1.82) is 0 Å². The Morgan fingerprint density at radius 2 is 2.08 bits per heavy atom. The Hall–Kier alpha value is -2.31. The molecule has 1 aliphatic heterocycles. The van der Waals surface area contributed by atoms with E-state index in [2.05, 4.69) is 10.3 Å². The van der Waals surface area contributed by atoms with Crippen LogP contribution in [0.15, 0.2) is 30.5 Å². The second-order valence-electron chi connectivity index (χ2n) is 6.10. The quantitative estimate of drug-likeness (QED) is 0.858. The van der Waals surface area contributed by atoms with Gasteiger partial charge in [-0.2, -0.15) is 0 Å². The number of aromatic nitrogens is 1. The van der Waals surface area contributed by atoms with E-state index in [4.69, 9.17) is 25.8 Å². The van der Waals surface area contributed by atoms with Gasteiger partial charge in [-0.25, -0.2) is 4.98 Å². The lowest BCUT2D eigenvalue weighted by Gasteiger charge is -2.23. The smallest absolute Gasteiger partial charge is 0.257 e. The Bertz CT molecular complexity index is 791. The van der Waals surface area contributed by atoms with E-state index in [0.29, 0.717) is 41.1 Å². The van der Waals surface area contributed by atoms with Crippen LogP contribution in [0.25, 0.3) is 0 Å². The number of nitrogens with zero attached hydrogens (tertiary/aromatic N) is 1. The number of hydrogen-bond donors (Lipinski definition) is 1. The summed E-state index contributed by atoms with van der Waals surface area (Å²) in [5.41, 5.74) is 1.95. The predicted molar refractivity (Wildman–Crippen MR) is 99.4 cm³/mol. The minimum absolute atomic E-state index is 0.0324. The number of amides is 1. The van der Waals surface area contributed by atoms with Gasteiger partial charge in [-0.1, -0.05) is 17.7 Å². The molecule has 0 spiro atoms. The first-order valence-corrected chi connectivity index (χ1v) is 8.80. The lowest BCUT2D eigenvalue weighted by molar-refractivity contribution is 0.0238. The molecule has 0 aliphatic carbocycles. The highest BCUT2D eigenvalue weighted by Crippen LogP contribution is 2.28. The number of aryl methyl sites for hydroxylation is 1. The van der Waals surface area contributed by atoms with E-state index in [1.54, 1.807) is 19.2 Å². The minimum atomic E-state index is -0.319. The van der Waals surface area contributed by atoms with E-state index < -0.39 is 0 Å². The zero-order valence-corrected chi connectivity index (χ0v) is 15.5. The normalized spacial score (nSPS) is 14.7. The molecular weight excluding hydrogens is 356 g/mol. The SMILES string of the molecule is COc1ccc(C)cc1NC(=O)c1cnc(OC2CCOCC2)c(Cl)c1. The van der Waals surface area contributed by atoms with Crippen molar-refractivity contribution in [3.63, 3.8) is 0 Å². The van der Waals surface area contributed by atoms with E-state index in [1.807, 2.05) is 19.1 Å². The van der Waals surface area contributed by atoms with Crippen LogP contribution in [0.5, 0.6) is 11.6 Å². The third-order valence-electron chi connectivity index (χ3n) is 4.12. The van der Waals surface area contributed by atoms with E-state index in [-0.39, 0.29) is 12.0 Å². The monoisotopic (exact) mass is 376 g/mol. The Kier molecular flexibility index (Phi) is 5.96. The third-order valence-corrected chi connectivity index (χ3v) is 4.39. The maximum absolute atomic E-state index is 12.5. The van der Waals surface area contributed by atoms with Crippen molar-refractivity contribution in [1.82, 2.24) is 4.98 Å². The first kappa shape index (κ1) is 18.5. The standard InChI is InChI=1S/C19H21ClN2O4/c1-12-3-4-17(24-2)16(9-12)22-18(23)13-10-15(20)19(21-11-13)26-14-5-7-25-8-6-14/h3-4,9-11,14H,5-8H2,1-2H3,(H,22,23). The Morgan fingerprint density at radius 1 is 1.31 bits per heavy atom. The molecule has 1 N–H and O–H groups in total. The van der Waals surface area contributed by atoms with E-state index in [0.717, 1.165) is 18.4 Å². The van der Waals surface area contributed by atoms with Gasteiger partial charge in [-0.3, -0.25) is 4.79 Å². The summed E-state index contributed by atoms with van der Waals surface area (Å²) in [4.78, 5) is 16.7. The van der Waals surface area contributed by atoms with Gasteiger partial charge in [0, 0.05) is 19.0 Å². The van der Waals surface area contributed by atoms with E-state index in [9.17, 15) is 4.79 Å². The van der Waals surface area contributed by atoms with Crippen molar-refractivity contribution in [2.45, 2.75) is 25.9 Å². The molecule has 2 heterocycles. The molecule has 0 bridgehead atoms. The second kappa shape index (κ2) is 8.38. The number of carbonyl (C=O) groups excluding carboxylic acids is 1. The highest BCUT2D eigenvalue weighted by Gasteiger charge is 2.19. The highest BCUT2D eigenvalue weighted by atomic mass is 35.5. The molecule has 7 heteroatoms. The second-order valence-corrected chi connectivity index (χ2v) is 6.51. The number of hydrogen-bond acceptors (Lipinski definition) is 5. The number of carbonyl (C=O) groups is 1. The number of rotatable bonds is 5. The van der Waals surface area contributed by atoms with Crippen LogP contribution in [-0.2, 0) is 4.74 Å². The zero-order chi connectivity index (χ0) is 18.5. The number of nitrogens with one attached hydrogen (secondary N) is 1. The summed E-state index contributed by atoms with van der Waals surface area (Å²) in [6.07, 6.45) is 3.09. The molecule has 0 unspecified atom stereocenters. The van der Waals surface area contributed by atoms with Crippen molar-refractivity contribution in [2.24, 2.45) is 0 Å². The molecule has 1 aliphatic rings. The Morgan fingerprint density at radius 3 is 2.77 bits per heavy atom. The van der Waals surface area contributed by atoms with Crippen LogP contribution in [0.4, 0.5) is 5.69 Å². The van der Waals surface area contributed by atoms with Crippen LogP contribution in [-0.4, -0.2) is 37.3 Å². The van der Waals surface area contributed by atoms with Gasteiger partial charge in [0.2, 0.25) is 5.88 Å². The fourth-order valence-electron chi connectivity index (χ4n) is 2.70. The van der Waals surface area contributed by atoms with Gasteiger partial charge in [0.1, 0.15) is 16.9 Å². The highest BCUT2D eigenvalue weighted by molar-refractivity contribution is 6.32. The lowest BCUT2D eigenvalue weighted by atomic mass is 10.1. The van der Waals surface area contributed by atoms with Gasteiger partial charge < -0.3 is 19.5 Å². The molecule has 138 valence electrons. The Balaban J connectivity index is 1.72. The van der Waals surface area contributed by atoms with Crippen LogP contribution in [0.1, 0.15) is 28.8 Å². The molecule has 0 radical (unpaired) electrons. The van der Waals surface area contributed by atoms with Crippen LogP contribution in [0, 0.1) is 6.92 Å². The molecule has 6 nitrogen and oxygen atoms in total. The summed E-state index contributed by atoms with van der Waals surface area (Å²) in [6.45, 7) is 3.28. The lowest BCUT2D eigenvalue weighted by Crippen LogP contribution is -2.26.